The summed E-state index contributed by atoms with van der Waals surface area (Å²) in [5.74, 6) is 0.151. The van der Waals surface area contributed by atoms with Crippen LogP contribution >= 0.6 is 0 Å². The van der Waals surface area contributed by atoms with E-state index >= 15 is 0 Å². The lowest BCUT2D eigenvalue weighted by Crippen LogP contribution is -2.46. The number of carbonyl (C=O) groups is 1. The third-order valence-electron chi connectivity index (χ3n) is 11.3. The maximum Gasteiger partial charge on any atom is 0.315 e. The lowest BCUT2D eigenvalue weighted by molar-refractivity contribution is -0.276. The van der Waals surface area contributed by atoms with Gasteiger partial charge in [0.15, 0.2) is 6.29 Å². The van der Waals surface area contributed by atoms with E-state index in [-0.39, 0.29) is 30.8 Å². The highest BCUT2D eigenvalue weighted by atomic mass is 16.7. The molecule has 2 unspecified atom stereocenters. The standard InChI is InChI=1S/C44H53N3O4/c1-30-39(26-47-29-44(4)23-38(47)22-43(2,3)28-44)50-41(51-40(30)35-15-13-32(27-48)14-16-35)36-19-17-34(18-20-36)37-12-8-11-33(21-37)25-46-42(49)45-24-31-9-6-5-7-10-31/h5-21,30,38-41,48H,22-29H2,1-4H3,(H2,45,46,49)/t30-,38?,39+,40+,41+,44?/m1/s1. The van der Waals surface area contributed by atoms with Gasteiger partial charge in [0.1, 0.15) is 0 Å². The van der Waals surface area contributed by atoms with Gasteiger partial charge in [-0.1, -0.05) is 125 Å². The van der Waals surface area contributed by atoms with Gasteiger partial charge in [-0.15, -0.1) is 0 Å². The van der Waals surface area contributed by atoms with E-state index in [2.05, 4.69) is 91.8 Å². The minimum Gasteiger partial charge on any atom is -0.392 e. The normalized spacial score (nSPS) is 27.2. The van der Waals surface area contributed by atoms with Crippen LogP contribution in [-0.4, -0.2) is 41.3 Å². The van der Waals surface area contributed by atoms with Gasteiger partial charge in [-0.05, 0) is 69.5 Å². The van der Waals surface area contributed by atoms with Crippen molar-refractivity contribution in [2.45, 2.75) is 91.2 Å². The highest BCUT2D eigenvalue weighted by molar-refractivity contribution is 5.74. The van der Waals surface area contributed by atoms with Crippen LogP contribution in [0, 0.1) is 16.7 Å². The number of amides is 2. The third kappa shape index (κ3) is 8.39. The summed E-state index contributed by atoms with van der Waals surface area (Å²) in [6.07, 6.45) is 3.15. The predicted molar refractivity (Wildman–Crippen MR) is 201 cm³/mol. The number of nitrogens with zero attached hydrogens (tertiary/aromatic N) is 1. The van der Waals surface area contributed by atoms with Crippen LogP contribution in [-0.2, 0) is 29.2 Å². The highest BCUT2D eigenvalue weighted by Crippen LogP contribution is 2.53. The van der Waals surface area contributed by atoms with E-state index < -0.39 is 6.29 Å². The molecule has 2 saturated heterocycles. The third-order valence-corrected chi connectivity index (χ3v) is 11.3. The molecule has 6 atom stereocenters. The molecule has 7 rings (SSSR count). The number of hydrogen-bond donors (Lipinski definition) is 3. The average molecular weight is 688 g/mol. The smallest absolute Gasteiger partial charge is 0.315 e. The number of rotatable bonds is 10. The van der Waals surface area contributed by atoms with Crippen molar-refractivity contribution in [3.05, 3.63) is 131 Å². The minimum absolute atomic E-state index is 0.00563. The summed E-state index contributed by atoms with van der Waals surface area (Å²) in [6.45, 7) is 12.6. The van der Waals surface area contributed by atoms with Crippen LogP contribution in [0.25, 0.3) is 11.1 Å². The molecule has 7 nitrogen and oxygen atoms in total. The molecule has 2 bridgehead atoms. The number of urea groups is 1. The summed E-state index contributed by atoms with van der Waals surface area (Å²) in [6, 6.07) is 35.2. The van der Waals surface area contributed by atoms with Gasteiger partial charge in [-0.2, -0.15) is 0 Å². The maximum absolute atomic E-state index is 12.4. The molecular formula is C44H53N3O4. The number of hydrogen-bond acceptors (Lipinski definition) is 5. The fourth-order valence-corrected chi connectivity index (χ4v) is 9.07. The number of nitrogens with one attached hydrogen (secondary N) is 2. The molecule has 0 radical (unpaired) electrons. The molecule has 3 aliphatic rings. The number of likely N-dealkylation sites (tertiary alicyclic amines) is 1. The Bertz CT molecular complexity index is 1780. The molecule has 1 saturated carbocycles. The average Bonchev–Trinajstić information content (AvgIpc) is 3.38. The van der Waals surface area contributed by atoms with Gasteiger partial charge < -0.3 is 25.2 Å². The second-order valence-electron chi connectivity index (χ2n) is 16.3. The summed E-state index contributed by atoms with van der Waals surface area (Å²) >= 11 is 0. The van der Waals surface area contributed by atoms with Crippen molar-refractivity contribution >= 4 is 6.03 Å². The van der Waals surface area contributed by atoms with E-state index in [0.29, 0.717) is 30.0 Å². The lowest BCUT2D eigenvalue weighted by Gasteiger charge is -2.43. The first-order valence-electron chi connectivity index (χ1n) is 18.6. The number of benzene rings is 4. The Kier molecular flexibility index (Phi) is 10.4. The Morgan fingerprint density at radius 3 is 2.20 bits per heavy atom. The fraction of sp³-hybridized carbons (Fsp3) is 0.432. The molecule has 2 heterocycles. The summed E-state index contributed by atoms with van der Waals surface area (Å²) in [5.41, 5.74) is 7.99. The molecule has 2 aliphatic heterocycles. The Balaban J connectivity index is 1.05. The number of carbonyl (C=O) groups excluding carboxylic acids is 1. The Morgan fingerprint density at radius 1 is 0.784 bits per heavy atom. The van der Waals surface area contributed by atoms with Crippen molar-refractivity contribution in [1.29, 1.82) is 0 Å². The van der Waals surface area contributed by atoms with Gasteiger partial charge in [0.05, 0.1) is 18.8 Å². The van der Waals surface area contributed by atoms with Gasteiger partial charge in [-0.3, -0.25) is 4.90 Å². The molecule has 2 amide bonds. The molecule has 4 aromatic carbocycles. The molecule has 3 N–H and O–H groups in total. The summed E-state index contributed by atoms with van der Waals surface area (Å²) in [4.78, 5) is 15.2. The van der Waals surface area contributed by atoms with E-state index in [0.717, 1.165) is 52.0 Å². The molecular weight excluding hydrogens is 635 g/mol. The maximum atomic E-state index is 12.4. The van der Waals surface area contributed by atoms with E-state index in [1.54, 1.807) is 0 Å². The predicted octanol–water partition coefficient (Wildman–Crippen LogP) is 8.54. The molecule has 3 fully saturated rings. The van der Waals surface area contributed by atoms with Gasteiger partial charge >= 0.3 is 6.03 Å². The monoisotopic (exact) mass is 687 g/mol. The summed E-state index contributed by atoms with van der Waals surface area (Å²) in [5, 5.41) is 15.6. The van der Waals surface area contributed by atoms with Crippen LogP contribution < -0.4 is 10.6 Å². The SMILES string of the molecule is C[C@@H]1[C@H](CN2CC3(C)CC2CC(C)(C)C3)O[C@H](c2ccc(-c3cccc(CNC(=O)NCc4ccccc4)c3)cc2)O[C@@H]1c1ccc(CO)cc1. The second kappa shape index (κ2) is 14.9. The Morgan fingerprint density at radius 2 is 1.47 bits per heavy atom. The van der Waals surface area contributed by atoms with Crippen molar-refractivity contribution in [2.75, 3.05) is 13.1 Å². The first-order chi connectivity index (χ1) is 24.6. The summed E-state index contributed by atoms with van der Waals surface area (Å²) in [7, 11) is 0. The van der Waals surface area contributed by atoms with E-state index in [1.165, 1.54) is 19.3 Å². The van der Waals surface area contributed by atoms with Gasteiger partial charge in [0, 0.05) is 43.7 Å². The molecule has 7 heteroatoms. The van der Waals surface area contributed by atoms with Crippen molar-refractivity contribution < 1.29 is 19.4 Å². The van der Waals surface area contributed by atoms with E-state index in [9.17, 15) is 9.90 Å². The highest BCUT2D eigenvalue weighted by Gasteiger charge is 2.51. The second-order valence-corrected chi connectivity index (χ2v) is 16.3. The quantitative estimate of drug-likeness (QED) is 0.156. The topological polar surface area (TPSA) is 83.1 Å². The fourth-order valence-electron chi connectivity index (χ4n) is 9.07. The van der Waals surface area contributed by atoms with Crippen LogP contribution in [0.1, 0.15) is 87.2 Å². The first kappa shape index (κ1) is 35.4. The van der Waals surface area contributed by atoms with Crippen molar-refractivity contribution in [3.8, 4) is 11.1 Å². The molecule has 0 spiro atoms. The Labute approximate surface area is 303 Å². The number of aliphatic hydroxyl groups is 1. The van der Waals surface area contributed by atoms with Crippen LogP contribution in [0.2, 0.25) is 0 Å². The minimum atomic E-state index is -0.498. The van der Waals surface area contributed by atoms with Crippen molar-refractivity contribution in [1.82, 2.24) is 15.5 Å². The first-order valence-corrected chi connectivity index (χ1v) is 18.6. The number of ether oxygens (including phenoxy) is 2. The van der Waals surface area contributed by atoms with Gasteiger partial charge in [0.25, 0.3) is 0 Å². The van der Waals surface area contributed by atoms with Gasteiger partial charge in [0.2, 0.25) is 0 Å². The number of fused-ring (bicyclic) bond motifs is 2. The van der Waals surface area contributed by atoms with Crippen LogP contribution in [0.5, 0.6) is 0 Å². The molecule has 51 heavy (non-hydrogen) atoms. The zero-order valence-electron chi connectivity index (χ0n) is 30.5. The molecule has 0 aromatic heterocycles. The van der Waals surface area contributed by atoms with Crippen LogP contribution in [0.3, 0.4) is 0 Å². The lowest BCUT2D eigenvalue weighted by atomic mass is 9.65. The van der Waals surface area contributed by atoms with Crippen LogP contribution in [0.15, 0.2) is 103 Å². The zero-order valence-corrected chi connectivity index (χ0v) is 30.5. The van der Waals surface area contributed by atoms with Crippen molar-refractivity contribution in [2.24, 2.45) is 16.7 Å². The molecule has 268 valence electrons. The number of aliphatic hydroxyl groups excluding tert-OH is 1. The zero-order chi connectivity index (χ0) is 35.6. The molecule has 4 aromatic rings. The summed E-state index contributed by atoms with van der Waals surface area (Å²) < 4.78 is 13.7. The van der Waals surface area contributed by atoms with Crippen LogP contribution in [0.4, 0.5) is 4.79 Å². The largest absolute Gasteiger partial charge is 0.392 e. The van der Waals surface area contributed by atoms with Crippen molar-refractivity contribution in [3.63, 3.8) is 0 Å². The van der Waals surface area contributed by atoms with Gasteiger partial charge in [-0.25, -0.2) is 4.79 Å². The Hall–Kier alpha value is -4.01. The van der Waals surface area contributed by atoms with E-state index in [1.807, 2.05) is 54.6 Å². The van der Waals surface area contributed by atoms with E-state index in [4.69, 9.17) is 9.47 Å². The molecule has 1 aliphatic carbocycles.